The van der Waals surface area contributed by atoms with E-state index in [-0.39, 0.29) is 40.3 Å². The lowest BCUT2D eigenvalue weighted by Gasteiger charge is -2.28. The molecule has 1 heterocycles. The number of aliphatic carboxylic acids is 1. The van der Waals surface area contributed by atoms with Crippen molar-refractivity contribution in [1.82, 2.24) is 10.5 Å². The average molecular weight is 395 g/mol. The van der Waals surface area contributed by atoms with Crippen LogP contribution in [0.1, 0.15) is 48.2 Å². The summed E-state index contributed by atoms with van der Waals surface area (Å²) >= 11 is 6.09. The first kappa shape index (κ1) is 19.4. The molecule has 144 valence electrons. The Morgan fingerprint density at radius 2 is 2.19 bits per heavy atom. The van der Waals surface area contributed by atoms with E-state index in [0.717, 1.165) is 19.3 Å². The van der Waals surface area contributed by atoms with E-state index in [2.05, 4.69) is 10.5 Å². The smallest absolute Gasteiger partial charge is 0.303 e. The lowest BCUT2D eigenvalue weighted by atomic mass is 9.83. The molecule has 2 unspecified atom stereocenters. The molecule has 1 aromatic heterocycles. The molecule has 0 spiro atoms. The molecule has 2 atom stereocenters. The summed E-state index contributed by atoms with van der Waals surface area (Å²) in [6, 6.07) is 4.07. The van der Waals surface area contributed by atoms with Gasteiger partial charge in [0.2, 0.25) is 0 Å². The van der Waals surface area contributed by atoms with Gasteiger partial charge >= 0.3 is 5.97 Å². The Hall–Kier alpha value is -2.41. The zero-order valence-electron chi connectivity index (χ0n) is 14.8. The number of carbonyl (C=O) groups excluding carboxylic acids is 1. The number of hydrogen-bond donors (Lipinski definition) is 2. The van der Waals surface area contributed by atoms with Gasteiger partial charge in [-0.1, -0.05) is 29.2 Å². The fourth-order valence-corrected chi connectivity index (χ4v) is 3.88. The number of rotatable bonds is 5. The minimum absolute atomic E-state index is 0.00249. The van der Waals surface area contributed by atoms with E-state index in [0.29, 0.717) is 12.1 Å². The molecule has 0 bridgehead atoms. The van der Waals surface area contributed by atoms with Crippen molar-refractivity contribution >= 4 is 23.5 Å². The Labute approximate surface area is 160 Å². The largest absolute Gasteiger partial charge is 0.481 e. The highest BCUT2D eigenvalue weighted by Crippen LogP contribution is 2.34. The Kier molecular flexibility index (Phi) is 5.79. The number of nitrogens with one attached hydrogen (secondary N) is 1. The molecule has 8 heteroatoms. The van der Waals surface area contributed by atoms with E-state index >= 15 is 0 Å². The van der Waals surface area contributed by atoms with E-state index in [4.69, 9.17) is 21.2 Å². The lowest BCUT2D eigenvalue weighted by Crippen LogP contribution is -2.39. The van der Waals surface area contributed by atoms with Gasteiger partial charge in [0.05, 0.1) is 16.3 Å². The minimum atomic E-state index is -0.835. The third-order valence-corrected chi connectivity index (χ3v) is 5.18. The van der Waals surface area contributed by atoms with Gasteiger partial charge in [-0.2, -0.15) is 0 Å². The van der Waals surface area contributed by atoms with E-state index in [1.54, 1.807) is 6.92 Å². The minimum Gasteiger partial charge on any atom is -0.481 e. The number of amides is 1. The van der Waals surface area contributed by atoms with Crippen molar-refractivity contribution in [1.29, 1.82) is 0 Å². The first-order valence-electron chi connectivity index (χ1n) is 8.80. The zero-order valence-corrected chi connectivity index (χ0v) is 15.6. The van der Waals surface area contributed by atoms with Crippen molar-refractivity contribution in [2.24, 2.45) is 5.92 Å². The van der Waals surface area contributed by atoms with E-state index in [1.165, 1.54) is 18.2 Å². The third kappa shape index (κ3) is 4.30. The molecule has 1 saturated carbocycles. The summed E-state index contributed by atoms with van der Waals surface area (Å²) in [5.41, 5.74) is 0.472. The Bertz CT molecular complexity index is 847. The summed E-state index contributed by atoms with van der Waals surface area (Å²) in [5.74, 6) is -1.84. The van der Waals surface area contributed by atoms with Crippen molar-refractivity contribution in [2.45, 2.75) is 45.1 Å². The van der Waals surface area contributed by atoms with Gasteiger partial charge in [0.15, 0.2) is 5.76 Å². The van der Waals surface area contributed by atoms with Crippen molar-refractivity contribution < 1.29 is 23.6 Å². The van der Waals surface area contributed by atoms with Crippen molar-refractivity contribution in [3.8, 4) is 11.3 Å². The van der Waals surface area contributed by atoms with Gasteiger partial charge in [-0.25, -0.2) is 4.39 Å². The predicted molar refractivity (Wildman–Crippen MR) is 97.1 cm³/mol. The number of benzene rings is 1. The van der Waals surface area contributed by atoms with Gasteiger partial charge in [-0.05, 0) is 44.2 Å². The number of carboxylic acid groups (broad SMARTS) is 1. The van der Waals surface area contributed by atoms with Crippen LogP contribution in [0.5, 0.6) is 0 Å². The summed E-state index contributed by atoms with van der Waals surface area (Å²) in [6.07, 6.45) is 3.13. The summed E-state index contributed by atoms with van der Waals surface area (Å²) in [6.45, 7) is 1.60. The molecule has 2 aromatic rings. The molecule has 1 aliphatic carbocycles. The predicted octanol–water partition coefficient (Wildman–Crippen LogP) is 4.21. The third-order valence-electron chi connectivity index (χ3n) is 4.86. The maximum Gasteiger partial charge on any atom is 0.303 e. The highest BCUT2D eigenvalue weighted by atomic mass is 35.5. The summed E-state index contributed by atoms with van der Waals surface area (Å²) in [4.78, 5) is 23.8. The quantitative estimate of drug-likeness (QED) is 0.792. The second-order valence-electron chi connectivity index (χ2n) is 6.87. The fraction of sp³-hybridized carbons (Fsp3) is 0.421. The molecular formula is C19H20ClFN2O4. The molecule has 0 aliphatic heterocycles. The van der Waals surface area contributed by atoms with Gasteiger partial charge in [0, 0.05) is 12.5 Å². The molecule has 1 fully saturated rings. The van der Waals surface area contributed by atoms with Crippen LogP contribution in [0.4, 0.5) is 4.39 Å². The average Bonchev–Trinajstić information content (AvgIpc) is 2.96. The van der Waals surface area contributed by atoms with Gasteiger partial charge in [0.25, 0.3) is 5.91 Å². The summed E-state index contributed by atoms with van der Waals surface area (Å²) in [7, 11) is 0. The van der Waals surface area contributed by atoms with Crippen LogP contribution in [0.3, 0.4) is 0 Å². The molecule has 1 aromatic carbocycles. The van der Waals surface area contributed by atoms with Crippen LogP contribution in [0.2, 0.25) is 5.02 Å². The topological polar surface area (TPSA) is 92.4 Å². The lowest BCUT2D eigenvalue weighted by molar-refractivity contribution is -0.138. The first-order chi connectivity index (χ1) is 12.9. The number of carbonyl (C=O) groups is 2. The number of carboxylic acids is 1. The van der Waals surface area contributed by atoms with Gasteiger partial charge in [-0.3, -0.25) is 9.59 Å². The van der Waals surface area contributed by atoms with Crippen LogP contribution in [0, 0.1) is 18.7 Å². The second kappa shape index (κ2) is 8.08. The summed E-state index contributed by atoms with van der Waals surface area (Å²) < 4.78 is 19.5. The van der Waals surface area contributed by atoms with Gasteiger partial charge in [-0.15, -0.1) is 0 Å². The maximum absolute atomic E-state index is 14.3. The standard InChI is InChI=1S/C19H20ClFN2O4/c1-10-16(18(27-23-10)17-13(20)6-3-7-14(17)21)19(26)22-12-5-2-4-11(8-12)9-15(24)25/h3,6-7,11-12H,2,4-5,8-9H2,1H3,(H,22,26)(H,24,25). The second-order valence-corrected chi connectivity index (χ2v) is 7.28. The van der Waals surface area contributed by atoms with Crippen LogP contribution in [-0.2, 0) is 4.79 Å². The Balaban J connectivity index is 1.82. The van der Waals surface area contributed by atoms with Crippen LogP contribution in [0.25, 0.3) is 11.3 Å². The van der Waals surface area contributed by atoms with Gasteiger partial charge in [0.1, 0.15) is 11.4 Å². The number of nitrogens with zero attached hydrogens (tertiary/aromatic N) is 1. The fourth-order valence-electron chi connectivity index (χ4n) is 3.63. The summed E-state index contributed by atoms with van der Waals surface area (Å²) in [5, 5.41) is 15.8. The molecule has 1 aliphatic rings. The van der Waals surface area contributed by atoms with Crippen LogP contribution in [0.15, 0.2) is 22.7 Å². The van der Waals surface area contributed by atoms with Crippen LogP contribution >= 0.6 is 11.6 Å². The Morgan fingerprint density at radius 3 is 2.89 bits per heavy atom. The van der Waals surface area contributed by atoms with Gasteiger partial charge < -0.3 is 14.9 Å². The molecule has 0 saturated heterocycles. The SMILES string of the molecule is Cc1noc(-c2c(F)cccc2Cl)c1C(=O)NC1CCCC(CC(=O)O)C1. The molecule has 3 rings (SSSR count). The van der Waals surface area contributed by atoms with Crippen LogP contribution in [-0.4, -0.2) is 28.2 Å². The molecule has 6 nitrogen and oxygen atoms in total. The van der Waals surface area contributed by atoms with E-state index in [9.17, 15) is 14.0 Å². The van der Waals surface area contributed by atoms with Crippen molar-refractivity contribution in [3.05, 3.63) is 40.3 Å². The number of aromatic nitrogens is 1. The highest BCUT2D eigenvalue weighted by Gasteiger charge is 2.29. The molecule has 27 heavy (non-hydrogen) atoms. The number of hydrogen-bond acceptors (Lipinski definition) is 4. The molecule has 0 radical (unpaired) electrons. The first-order valence-corrected chi connectivity index (χ1v) is 9.18. The zero-order chi connectivity index (χ0) is 19.6. The highest BCUT2D eigenvalue weighted by molar-refractivity contribution is 6.33. The van der Waals surface area contributed by atoms with E-state index < -0.39 is 17.7 Å². The molecular weight excluding hydrogens is 375 g/mol. The monoisotopic (exact) mass is 394 g/mol. The number of aryl methyl sites for hydroxylation is 1. The molecule has 2 N–H and O–H groups in total. The van der Waals surface area contributed by atoms with Crippen molar-refractivity contribution in [3.63, 3.8) is 0 Å². The Morgan fingerprint density at radius 1 is 1.41 bits per heavy atom. The normalized spacial score (nSPS) is 19.7. The number of halogens is 2. The van der Waals surface area contributed by atoms with E-state index in [1.807, 2.05) is 0 Å². The van der Waals surface area contributed by atoms with Crippen LogP contribution < -0.4 is 5.32 Å². The molecule has 1 amide bonds. The van der Waals surface area contributed by atoms with Crippen molar-refractivity contribution in [2.75, 3.05) is 0 Å². The maximum atomic E-state index is 14.3.